The molecule has 1 aliphatic rings. The predicted octanol–water partition coefficient (Wildman–Crippen LogP) is 2.33. The fourth-order valence-corrected chi connectivity index (χ4v) is 1.96. The Balaban J connectivity index is 2.65. The van der Waals surface area contributed by atoms with E-state index >= 15 is 0 Å². The van der Waals surface area contributed by atoms with E-state index in [0.717, 1.165) is 13.1 Å². The molecule has 0 atom stereocenters. The molecule has 0 spiro atoms. The van der Waals surface area contributed by atoms with Crippen LogP contribution in [-0.2, 0) is 0 Å². The maximum absolute atomic E-state index is 4.17. The molecule has 0 aromatic rings. The van der Waals surface area contributed by atoms with Crippen molar-refractivity contribution in [3.8, 4) is 0 Å². The first kappa shape index (κ1) is 11.6. The number of hydrogen-bond acceptors (Lipinski definition) is 2. The van der Waals surface area contributed by atoms with Gasteiger partial charge < -0.3 is 4.90 Å². The minimum Gasteiger partial charge on any atom is -0.374 e. The molecule has 1 aliphatic heterocycles. The van der Waals surface area contributed by atoms with Crippen LogP contribution in [0.4, 0.5) is 0 Å². The third kappa shape index (κ3) is 2.74. The van der Waals surface area contributed by atoms with Gasteiger partial charge in [0.15, 0.2) is 0 Å². The SMILES string of the molecule is C=C1CN(C(C)(C)C)CCCN1CC. The summed E-state index contributed by atoms with van der Waals surface area (Å²) >= 11 is 0. The van der Waals surface area contributed by atoms with Crippen molar-refractivity contribution in [1.29, 1.82) is 0 Å². The van der Waals surface area contributed by atoms with Gasteiger partial charge in [-0.25, -0.2) is 0 Å². The quantitative estimate of drug-likeness (QED) is 0.635. The summed E-state index contributed by atoms with van der Waals surface area (Å²) in [6, 6.07) is 0. The van der Waals surface area contributed by atoms with Crippen LogP contribution >= 0.6 is 0 Å². The molecule has 14 heavy (non-hydrogen) atoms. The maximum atomic E-state index is 4.17. The fourth-order valence-electron chi connectivity index (χ4n) is 1.96. The predicted molar refractivity (Wildman–Crippen MR) is 62.3 cm³/mol. The highest BCUT2D eigenvalue weighted by Gasteiger charge is 2.24. The van der Waals surface area contributed by atoms with Crippen molar-refractivity contribution in [1.82, 2.24) is 9.80 Å². The van der Waals surface area contributed by atoms with E-state index in [9.17, 15) is 0 Å². The Kier molecular flexibility index (Phi) is 3.59. The highest BCUT2D eigenvalue weighted by molar-refractivity contribution is 5.00. The van der Waals surface area contributed by atoms with Crippen molar-refractivity contribution in [3.63, 3.8) is 0 Å². The van der Waals surface area contributed by atoms with Gasteiger partial charge in [-0.1, -0.05) is 6.58 Å². The van der Waals surface area contributed by atoms with Gasteiger partial charge in [0, 0.05) is 37.4 Å². The van der Waals surface area contributed by atoms with E-state index in [4.69, 9.17) is 0 Å². The summed E-state index contributed by atoms with van der Waals surface area (Å²) in [6.07, 6.45) is 1.25. The fraction of sp³-hybridized carbons (Fsp3) is 0.833. The largest absolute Gasteiger partial charge is 0.374 e. The van der Waals surface area contributed by atoms with Crippen LogP contribution in [0.5, 0.6) is 0 Å². The Bertz CT molecular complexity index is 203. The van der Waals surface area contributed by atoms with Crippen molar-refractivity contribution in [3.05, 3.63) is 12.3 Å². The Hall–Kier alpha value is -0.500. The third-order valence-electron chi connectivity index (χ3n) is 3.01. The van der Waals surface area contributed by atoms with Crippen molar-refractivity contribution >= 4 is 0 Å². The van der Waals surface area contributed by atoms with E-state index in [-0.39, 0.29) is 5.54 Å². The lowest BCUT2D eigenvalue weighted by Gasteiger charge is -2.35. The average Bonchev–Trinajstić information content (AvgIpc) is 2.25. The highest BCUT2D eigenvalue weighted by atomic mass is 15.3. The Morgan fingerprint density at radius 3 is 2.43 bits per heavy atom. The second-order valence-electron chi connectivity index (χ2n) is 5.09. The van der Waals surface area contributed by atoms with Crippen molar-refractivity contribution in [2.75, 3.05) is 26.2 Å². The molecule has 1 rings (SSSR count). The highest BCUT2D eigenvalue weighted by Crippen LogP contribution is 2.19. The van der Waals surface area contributed by atoms with Gasteiger partial charge >= 0.3 is 0 Å². The minimum atomic E-state index is 0.271. The summed E-state index contributed by atoms with van der Waals surface area (Å²) in [5, 5.41) is 0. The molecule has 0 aliphatic carbocycles. The molecule has 2 nitrogen and oxygen atoms in total. The van der Waals surface area contributed by atoms with E-state index in [1.165, 1.54) is 25.2 Å². The molecule has 0 N–H and O–H groups in total. The van der Waals surface area contributed by atoms with Gasteiger partial charge in [0.1, 0.15) is 0 Å². The number of hydrogen-bond donors (Lipinski definition) is 0. The second-order valence-corrected chi connectivity index (χ2v) is 5.09. The molecule has 1 saturated heterocycles. The first-order valence-corrected chi connectivity index (χ1v) is 5.63. The first-order valence-electron chi connectivity index (χ1n) is 5.63. The molecule has 0 radical (unpaired) electrons. The van der Waals surface area contributed by atoms with Gasteiger partial charge in [0.25, 0.3) is 0 Å². The lowest BCUT2D eigenvalue weighted by atomic mass is 10.1. The summed E-state index contributed by atoms with van der Waals surface area (Å²) in [6.45, 7) is 17.7. The van der Waals surface area contributed by atoms with Gasteiger partial charge in [0.05, 0.1) is 0 Å². The standard InChI is InChI=1S/C12H24N2/c1-6-13-8-7-9-14(10-11(13)2)12(3,4)5/h2,6-10H2,1,3-5H3. The van der Waals surface area contributed by atoms with Gasteiger partial charge in [-0.2, -0.15) is 0 Å². The summed E-state index contributed by atoms with van der Waals surface area (Å²) < 4.78 is 0. The molecule has 1 heterocycles. The summed E-state index contributed by atoms with van der Waals surface area (Å²) in [7, 11) is 0. The summed E-state index contributed by atoms with van der Waals surface area (Å²) in [4.78, 5) is 4.91. The topological polar surface area (TPSA) is 6.48 Å². The van der Waals surface area contributed by atoms with Crippen LogP contribution in [0, 0.1) is 0 Å². The molecular weight excluding hydrogens is 172 g/mol. The van der Waals surface area contributed by atoms with E-state index in [0.29, 0.717) is 0 Å². The van der Waals surface area contributed by atoms with E-state index in [2.05, 4.69) is 44.1 Å². The molecule has 2 heteroatoms. The summed E-state index contributed by atoms with van der Waals surface area (Å²) in [5.74, 6) is 0. The smallest absolute Gasteiger partial charge is 0.0382 e. The molecular formula is C12H24N2. The van der Waals surface area contributed by atoms with Gasteiger partial charge in [-0.3, -0.25) is 4.90 Å². The molecule has 0 aromatic carbocycles. The minimum absolute atomic E-state index is 0.271. The third-order valence-corrected chi connectivity index (χ3v) is 3.01. The molecule has 0 unspecified atom stereocenters. The van der Waals surface area contributed by atoms with Gasteiger partial charge in [0.2, 0.25) is 0 Å². The lowest BCUT2D eigenvalue weighted by Crippen LogP contribution is -2.42. The zero-order chi connectivity index (χ0) is 10.8. The molecule has 1 fully saturated rings. The number of nitrogens with zero attached hydrogens (tertiary/aromatic N) is 2. The van der Waals surface area contributed by atoms with Crippen LogP contribution in [0.1, 0.15) is 34.1 Å². The zero-order valence-electron chi connectivity index (χ0n) is 10.1. The molecule has 0 saturated carbocycles. The lowest BCUT2D eigenvalue weighted by molar-refractivity contribution is 0.153. The van der Waals surface area contributed by atoms with E-state index in [1.807, 2.05) is 0 Å². The van der Waals surface area contributed by atoms with E-state index in [1.54, 1.807) is 0 Å². The normalized spacial score (nSPS) is 21.1. The van der Waals surface area contributed by atoms with Crippen LogP contribution in [0.15, 0.2) is 12.3 Å². The second kappa shape index (κ2) is 4.35. The van der Waals surface area contributed by atoms with Gasteiger partial charge in [-0.05, 0) is 34.1 Å². The number of rotatable bonds is 1. The maximum Gasteiger partial charge on any atom is 0.0382 e. The zero-order valence-corrected chi connectivity index (χ0v) is 10.1. The van der Waals surface area contributed by atoms with Crippen LogP contribution in [0.3, 0.4) is 0 Å². The molecule has 0 bridgehead atoms. The van der Waals surface area contributed by atoms with Crippen molar-refractivity contribution < 1.29 is 0 Å². The molecule has 82 valence electrons. The monoisotopic (exact) mass is 196 g/mol. The molecule has 0 amide bonds. The Labute approximate surface area is 88.6 Å². The Morgan fingerprint density at radius 2 is 1.93 bits per heavy atom. The first-order chi connectivity index (χ1) is 6.45. The van der Waals surface area contributed by atoms with E-state index < -0.39 is 0 Å². The van der Waals surface area contributed by atoms with Crippen LogP contribution < -0.4 is 0 Å². The average molecular weight is 196 g/mol. The van der Waals surface area contributed by atoms with Gasteiger partial charge in [-0.15, -0.1) is 0 Å². The van der Waals surface area contributed by atoms with Crippen molar-refractivity contribution in [2.24, 2.45) is 0 Å². The number of likely N-dealkylation sites (N-methyl/N-ethyl adjacent to an activating group) is 1. The van der Waals surface area contributed by atoms with Crippen molar-refractivity contribution in [2.45, 2.75) is 39.7 Å². The van der Waals surface area contributed by atoms with Crippen LogP contribution in [0.25, 0.3) is 0 Å². The van der Waals surface area contributed by atoms with Crippen LogP contribution in [-0.4, -0.2) is 41.5 Å². The molecule has 0 aromatic heterocycles. The summed E-state index contributed by atoms with van der Waals surface area (Å²) in [5.41, 5.74) is 1.55. The Morgan fingerprint density at radius 1 is 1.29 bits per heavy atom. The van der Waals surface area contributed by atoms with Crippen LogP contribution in [0.2, 0.25) is 0 Å².